The number of nitrogens with zero attached hydrogens (tertiary/aromatic N) is 1. The molecule has 0 saturated carbocycles. The quantitative estimate of drug-likeness (QED) is 0.943. The fourth-order valence-electron chi connectivity index (χ4n) is 1.38. The summed E-state index contributed by atoms with van der Waals surface area (Å²) >= 11 is 4.68. The Hall–Kier alpha value is -0.780. The Balaban J connectivity index is 2.15. The molecule has 2 rings (SSSR count). The third-order valence-electron chi connectivity index (χ3n) is 2.16. The fraction of sp³-hybridized carbons (Fsp3) is 0.182. The Morgan fingerprint density at radius 1 is 1.50 bits per heavy atom. The van der Waals surface area contributed by atoms with Gasteiger partial charge in [-0.3, -0.25) is 0 Å². The Bertz CT molecular complexity index is 475. The van der Waals surface area contributed by atoms with E-state index in [0.717, 1.165) is 5.56 Å². The number of aliphatic hydroxyl groups excluding tert-OH is 1. The molecule has 16 heavy (non-hydrogen) atoms. The van der Waals surface area contributed by atoms with Gasteiger partial charge in [0.2, 0.25) is 0 Å². The molecule has 1 heterocycles. The van der Waals surface area contributed by atoms with Gasteiger partial charge in [0, 0.05) is 22.5 Å². The van der Waals surface area contributed by atoms with Gasteiger partial charge >= 0.3 is 0 Å². The van der Waals surface area contributed by atoms with Crippen LogP contribution in [0.2, 0.25) is 0 Å². The van der Waals surface area contributed by atoms with Crippen molar-refractivity contribution in [1.82, 2.24) is 4.98 Å². The molecule has 1 aromatic carbocycles. The van der Waals surface area contributed by atoms with Crippen LogP contribution in [0.3, 0.4) is 0 Å². The standard InChI is InChI=1S/C11H9BrFNOS/c12-9-6-8(13)2-1-7(9)5-10(15)11-14-3-4-16-11/h1-4,6,10,15H,5H2. The van der Waals surface area contributed by atoms with Gasteiger partial charge in [-0.15, -0.1) is 11.3 Å². The van der Waals surface area contributed by atoms with Crippen LogP contribution in [-0.4, -0.2) is 10.1 Å². The fourth-order valence-corrected chi connectivity index (χ4v) is 2.52. The van der Waals surface area contributed by atoms with E-state index in [1.807, 2.05) is 5.38 Å². The van der Waals surface area contributed by atoms with E-state index in [2.05, 4.69) is 20.9 Å². The largest absolute Gasteiger partial charge is 0.386 e. The molecule has 1 aromatic heterocycles. The number of thiazole rings is 1. The summed E-state index contributed by atoms with van der Waals surface area (Å²) in [5.41, 5.74) is 0.865. The van der Waals surface area contributed by atoms with E-state index in [9.17, 15) is 9.50 Å². The van der Waals surface area contributed by atoms with Gasteiger partial charge in [-0.2, -0.15) is 0 Å². The highest BCUT2D eigenvalue weighted by molar-refractivity contribution is 9.10. The van der Waals surface area contributed by atoms with Gasteiger partial charge < -0.3 is 5.11 Å². The maximum Gasteiger partial charge on any atom is 0.124 e. The Morgan fingerprint density at radius 3 is 2.94 bits per heavy atom. The number of rotatable bonds is 3. The van der Waals surface area contributed by atoms with Crippen LogP contribution in [0, 0.1) is 5.82 Å². The molecule has 5 heteroatoms. The predicted octanol–water partition coefficient (Wildman–Crippen LogP) is 3.32. The molecule has 2 nitrogen and oxygen atoms in total. The van der Waals surface area contributed by atoms with Gasteiger partial charge in [0.25, 0.3) is 0 Å². The lowest BCUT2D eigenvalue weighted by Crippen LogP contribution is -2.02. The average molecular weight is 302 g/mol. The lowest BCUT2D eigenvalue weighted by Gasteiger charge is -2.09. The molecule has 84 valence electrons. The second-order valence-corrected chi connectivity index (χ2v) is 5.11. The van der Waals surface area contributed by atoms with Crippen LogP contribution in [0.15, 0.2) is 34.2 Å². The molecule has 0 saturated heterocycles. The normalized spacial score (nSPS) is 12.7. The average Bonchev–Trinajstić information content (AvgIpc) is 2.75. The van der Waals surface area contributed by atoms with E-state index in [4.69, 9.17) is 0 Å². The first-order chi connectivity index (χ1) is 7.66. The summed E-state index contributed by atoms with van der Waals surface area (Å²) < 4.78 is 13.5. The van der Waals surface area contributed by atoms with Crippen LogP contribution < -0.4 is 0 Å². The van der Waals surface area contributed by atoms with Gasteiger partial charge in [-0.05, 0) is 17.7 Å². The zero-order valence-corrected chi connectivity index (χ0v) is 10.6. The molecule has 0 bridgehead atoms. The summed E-state index contributed by atoms with van der Waals surface area (Å²) in [6.07, 6.45) is 1.44. The van der Waals surface area contributed by atoms with E-state index in [1.54, 1.807) is 12.3 Å². The van der Waals surface area contributed by atoms with E-state index in [0.29, 0.717) is 15.9 Å². The van der Waals surface area contributed by atoms with Gasteiger partial charge in [-0.1, -0.05) is 22.0 Å². The third-order valence-corrected chi connectivity index (χ3v) is 3.78. The highest BCUT2D eigenvalue weighted by atomic mass is 79.9. The first-order valence-electron chi connectivity index (χ1n) is 4.68. The van der Waals surface area contributed by atoms with E-state index in [1.165, 1.54) is 23.5 Å². The van der Waals surface area contributed by atoms with Crippen molar-refractivity contribution in [1.29, 1.82) is 0 Å². The number of aromatic nitrogens is 1. The van der Waals surface area contributed by atoms with Crippen LogP contribution in [0.5, 0.6) is 0 Å². The van der Waals surface area contributed by atoms with Crippen molar-refractivity contribution >= 4 is 27.3 Å². The van der Waals surface area contributed by atoms with Crippen LogP contribution in [0.25, 0.3) is 0 Å². The number of hydrogen-bond donors (Lipinski definition) is 1. The molecule has 0 fully saturated rings. The lowest BCUT2D eigenvalue weighted by atomic mass is 10.1. The van der Waals surface area contributed by atoms with Gasteiger partial charge in [-0.25, -0.2) is 9.37 Å². The molecule has 0 aliphatic heterocycles. The van der Waals surface area contributed by atoms with Crippen LogP contribution >= 0.6 is 27.3 Å². The number of halogens is 2. The van der Waals surface area contributed by atoms with Crippen molar-refractivity contribution in [2.24, 2.45) is 0 Å². The van der Waals surface area contributed by atoms with Gasteiger partial charge in [0.1, 0.15) is 16.9 Å². The number of hydrogen-bond acceptors (Lipinski definition) is 3. The zero-order valence-electron chi connectivity index (χ0n) is 8.23. The second-order valence-electron chi connectivity index (χ2n) is 3.33. The molecule has 1 unspecified atom stereocenters. The first kappa shape index (κ1) is 11.7. The van der Waals surface area contributed by atoms with Crippen LogP contribution in [0.4, 0.5) is 4.39 Å². The summed E-state index contributed by atoms with van der Waals surface area (Å²) in [5, 5.41) is 12.4. The summed E-state index contributed by atoms with van der Waals surface area (Å²) in [7, 11) is 0. The summed E-state index contributed by atoms with van der Waals surface area (Å²) in [6.45, 7) is 0. The highest BCUT2D eigenvalue weighted by Gasteiger charge is 2.13. The number of benzene rings is 1. The van der Waals surface area contributed by atoms with Crippen LogP contribution in [-0.2, 0) is 6.42 Å². The Kier molecular flexibility index (Phi) is 3.68. The van der Waals surface area contributed by atoms with Crippen molar-refractivity contribution in [3.8, 4) is 0 Å². The molecule has 2 aromatic rings. The molecule has 0 spiro atoms. The molecule has 0 aliphatic rings. The monoisotopic (exact) mass is 301 g/mol. The smallest absolute Gasteiger partial charge is 0.124 e. The predicted molar refractivity (Wildman–Crippen MR) is 64.9 cm³/mol. The maximum absolute atomic E-state index is 12.9. The van der Waals surface area contributed by atoms with E-state index < -0.39 is 6.10 Å². The molecule has 0 aliphatic carbocycles. The van der Waals surface area contributed by atoms with E-state index in [-0.39, 0.29) is 5.82 Å². The second kappa shape index (κ2) is 5.03. The zero-order chi connectivity index (χ0) is 11.5. The van der Waals surface area contributed by atoms with Crippen molar-refractivity contribution < 1.29 is 9.50 Å². The van der Waals surface area contributed by atoms with Crippen molar-refractivity contribution in [3.63, 3.8) is 0 Å². The topological polar surface area (TPSA) is 33.1 Å². The van der Waals surface area contributed by atoms with Crippen molar-refractivity contribution in [2.45, 2.75) is 12.5 Å². The summed E-state index contributed by atoms with van der Waals surface area (Å²) in [6, 6.07) is 4.44. The minimum atomic E-state index is -0.637. The molecule has 1 atom stereocenters. The summed E-state index contributed by atoms with van der Waals surface area (Å²) in [4.78, 5) is 4.04. The minimum Gasteiger partial charge on any atom is -0.386 e. The maximum atomic E-state index is 12.9. The van der Waals surface area contributed by atoms with Gasteiger partial charge in [0.05, 0.1) is 0 Å². The first-order valence-corrected chi connectivity index (χ1v) is 6.35. The third kappa shape index (κ3) is 2.66. The van der Waals surface area contributed by atoms with Gasteiger partial charge in [0.15, 0.2) is 0 Å². The molecule has 0 radical (unpaired) electrons. The Labute approximate surface area is 105 Å². The molecular weight excluding hydrogens is 293 g/mol. The minimum absolute atomic E-state index is 0.292. The Morgan fingerprint density at radius 2 is 2.31 bits per heavy atom. The lowest BCUT2D eigenvalue weighted by molar-refractivity contribution is 0.178. The molecule has 0 amide bonds. The molecule has 1 N–H and O–H groups in total. The van der Waals surface area contributed by atoms with Crippen molar-refractivity contribution in [2.75, 3.05) is 0 Å². The number of aliphatic hydroxyl groups is 1. The van der Waals surface area contributed by atoms with Crippen molar-refractivity contribution in [3.05, 3.63) is 50.6 Å². The SMILES string of the molecule is OC(Cc1ccc(F)cc1Br)c1nccs1. The highest BCUT2D eigenvalue weighted by Crippen LogP contribution is 2.25. The molecular formula is C11H9BrFNOS. The summed E-state index contributed by atoms with van der Waals surface area (Å²) in [5.74, 6) is -0.292. The van der Waals surface area contributed by atoms with Crippen LogP contribution in [0.1, 0.15) is 16.7 Å². The van der Waals surface area contributed by atoms with E-state index >= 15 is 0 Å².